The number of carbonyl (C=O) groups is 6. The Morgan fingerprint density at radius 1 is 0.451 bits per heavy atom. The van der Waals surface area contributed by atoms with Gasteiger partial charge in [-0.3, -0.25) is 27.8 Å². The molecular weight excluding hydrogens is 1960 g/mol. The number of carbonyl (C=O) groups excluding carboxylic acids is 6. The number of rotatable bonds is 26. The number of carboxylic acids is 2. The third-order valence-corrected chi connectivity index (χ3v) is 32.2. The van der Waals surface area contributed by atoms with Gasteiger partial charge in [-0.15, -0.1) is 0 Å². The molecule has 12 aliphatic rings. The van der Waals surface area contributed by atoms with E-state index >= 15 is 0 Å². The van der Waals surface area contributed by atoms with Gasteiger partial charge in [0.05, 0.1) is 48.9 Å². The highest BCUT2D eigenvalue weighted by molar-refractivity contribution is 7.61. The van der Waals surface area contributed by atoms with Gasteiger partial charge in [0.1, 0.15) is 97.3 Å². The van der Waals surface area contributed by atoms with E-state index in [4.69, 9.17) is 64.0 Å². The fourth-order valence-corrected chi connectivity index (χ4v) is 25.4. The molecule has 0 aliphatic carbocycles. The lowest BCUT2D eigenvalue weighted by molar-refractivity contribution is -0.256. The molecule has 2 fully saturated rings. The molecule has 756 valence electrons. The fraction of sp³-hybridized carbons (Fsp3) is 0.413. The molecule has 2 saturated heterocycles. The molecule has 16 heterocycles. The summed E-state index contributed by atoms with van der Waals surface area (Å²) in [6.45, 7) is 4.95. The monoisotopic (exact) mass is 2060 g/mol. The normalized spacial score (nSPS) is 21.7. The van der Waals surface area contributed by atoms with Crippen molar-refractivity contribution in [1.82, 2.24) is 69.5 Å². The molecule has 4 aromatic heterocycles. The molecule has 2 unspecified atom stereocenters. The maximum Gasteiger partial charge on any atom is 0.481 e. The minimum absolute atomic E-state index is 0.00321. The minimum atomic E-state index is -5.50. The summed E-state index contributed by atoms with van der Waals surface area (Å²) >= 11 is 0. The smallest absolute Gasteiger partial charge is 0.481 e. The van der Waals surface area contributed by atoms with E-state index in [1.807, 2.05) is 0 Å². The average molecular weight is 2060 g/mol. The van der Waals surface area contributed by atoms with Crippen LogP contribution in [0.1, 0.15) is 172 Å². The summed E-state index contributed by atoms with van der Waals surface area (Å²) in [6.07, 6.45) is 4.15. The van der Waals surface area contributed by atoms with Gasteiger partial charge in [-0.25, -0.2) is 66.9 Å². The Balaban J connectivity index is 0.000000170. The van der Waals surface area contributed by atoms with Gasteiger partial charge in [0.2, 0.25) is 10.7 Å². The minimum Gasteiger partial charge on any atom is -0.545 e. The van der Waals surface area contributed by atoms with Gasteiger partial charge in [-0.1, -0.05) is 12.1 Å². The number of nitrogens with two attached hydrogens (primary N) is 2. The van der Waals surface area contributed by atoms with Gasteiger partial charge in [-0.2, -0.15) is 8.62 Å². The fourth-order valence-electron chi connectivity index (χ4n) is 22.2. The van der Waals surface area contributed by atoms with E-state index in [1.54, 1.807) is 12.1 Å². The number of ether oxygens (including phenoxy) is 6. The Labute approximate surface area is 816 Å². The highest BCUT2D eigenvalue weighted by Crippen LogP contribution is 2.60. The number of aromatic carboxylic acids is 2. The zero-order valence-corrected chi connectivity index (χ0v) is 80.4. The first kappa shape index (κ1) is 97.4. The number of nitrogens with zero attached hydrogens (tertiary/aromatic N) is 12. The molecule has 4 amide bonds. The van der Waals surface area contributed by atoms with E-state index in [9.17, 15) is 77.2 Å². The first-order chi connectivity index (χ1) is 69.1. The number of amides is 4. The van der Waals surface area contributed by atoms with Crippen LogP contribution in [0.2, 0.25) is 0 Å². The number of carboxylic acid groups (broad SMARTS) is 2. The summed E-state index contributed by atoms with van der Waals surface area (Å²) in [6, 6.07) is 17.3. The quantitative estimate of drug-likeness (QED) is 0.0199. The van der Waals surface area contributed by atoms with Crippen LogP contribution in [-0.4, -0.2) is 243 Å². The number of benzene rings is 6. The summed E-state index contributed by atoms with van der Waals surface area (Å²) in [5.74, 6) is -1.11. The number of aromatic nitrogens is 8. The maximum absolute atomic E-state index is 14.0. The number of aryl methyl sites for hydroxylation is 4. The second kappa shape index (κ2) is 38.7. The molecular formula is C92H98N18O30P4. The predicted octanol–water partition coefficient (Wildman–Crippen LogP) is 0.433. The summed E-state index contributed by atoms with van der Waals surface area (Å²) < 4.78 is 109. The Kier molecular flexibility index (Phi) is 26.2. The summed E-state index contributed by atoms with van der Waals surface area (Å²) in [5, 5.41) is 63.3. The van der Waals surface area contributed by atoms with Crippen LogP contribution in [0.15, 0.2) is 86.0 Å². The SMILES string of the molecule is Nc1ncnc2c1ncn2[C@@H]1O[C@H](COP(=O)(O)OP(=O)(O)O)[C@@H](O)[C@H]1OC(=O)NCCNC(=O)c1ccc(C(=O)[O-])c(C2=c3cc4c5c(c3Oc3c2cc2c6c3CCCN6CCC2)CCC[N+]=5CCC4)c1.Nc1ncnc2c1ncn2[C@@H]1O[C@H](COP(=O)(O)OP(=O)(O)O)[C@@H](OC(=O)NCCNC(=O)c2ccc(C(=O)[O-])c(C3=c4cc5c6c(c4Oc4c3cc3c7c4CCCN7CCC3)CCC[N+]=6CCC5)c2)[C@H]1O. The second-order valence-electron chi connectivity index (χ2n) is 36.8. The molecule has 12 aliphatic heterocycles. The molecule has 16 N–H and O–H groups in total. The van der Waals surface area contributed by atoms with Gasteiger partial charge in [0, 0.05) is 167 Å². The number of hydrogen-bond donors (Lipinski definition) is 14. The van der Waals surface area contributed by atoms with Gasteiger partial charge in [-0.05, 0) is 148 Å². The van der Waals surface area contributed by atoms with Crippen LogP contribution in [0.5, 0.6) is 23.0 Å². The van der Waals surface area contributed by atoms with E-state index in [0.717, 1.165) is 223 Å². The van der Waals surface area contributed by atoms with Crippen molar-refractivity contribution in [2.75, 3.05) is 113 Å². The van der Waals surface area contributed by atoms with Gasteiger partial charge >= 0.3 is 43.5 Å². The van der Waals surface area contributed by atoms with Crippen molar-refractivity contribution >= 4 is 124 Å². The number of nitrogen functional groups attached to an aromatic ring is 2. The van der Waals surface area contributed by atoms with E-state index in [2.05, 4.69) is 108 Å². The lowest BCUT2D eigenvalue weighted by Crippen LogP contribution is -2.45. The van der Waals surface area contributed by atoms with Gasteiger partial charge in [0.25, 0.3) is 11.8 Å². The second-order valence-corrected chi connectivity index (χ2v) is 42.5. The first-order valence-corrected chi connectivity index (χ1v) is 53.2. The van der Waals surface area contributed by atoms with Crippen molar-refractivity contribution in [2.45, 2.75) is 152 Å². The maximum atomic E-state index is 14.0. The average Bonchev–Trinajstić information content (AvgIpc) is 1.10. The van der Waals surface area contributed by atoms with Crippen molar-refractivity contribution in [3.63, 3.8) is 0 Å². The van der Waals surface area contributed by atoms with Crippen LogP contribution in [0, 0.1) is 0 Å². The third-order valence-electron chi connectivity index (χ3n) is 27.9. The van der Waals surface area contributed by atoms with Crippen LogP contribution in [0.4, 0.5) is 32.6 Å². The molecule has 0 spiro atoms. The van der Waals surface area contributed by atoms with Crippen molar-refractivity contribution < 1.29 is 143 Å². The van der Waals surface area contributed by atoms with Crippen molar-refractivity contribution in [3.05, 3.63) is 196 Å². The van der Waals surface area contributed by atoms with Crippen LogP contribution in [0.3, 0.4) is 0 Å². The highest BCUT2D eigenvalue weighted by Gasteiger charge is 2.52. The molecule has 10 aromatic rings. The van der Waals surface area contributed by atoms with Crippen LogP contribution >= 0.6 is 31.3 Å². The van der Waals surface area contributed by atoms with Crippen LogP contribution in [0.25, 0.3) is 33.5 Å². The van der Waals surface area contributed by atoms with Crippen molar-refractivity contribution in [1.29, 1.82) is 0 Å². The number of phosphoric ester groups is 2. The van der Waals surface area contributed by atoms with E-state index in [0.29, 0.717) is 33.8 Å². The van der Waals surface area contributed by atoms with E-state index in [-0.39, 0.29) is 82.4 Å². The molecule has 0 radical (unpaired) electrons. The van der Waals surface area contributed by atoms with Crippen molar-refractivity contribution in [3.8, 4) is 23.0 Å². The lowest BCUT2D eigenvalue weighted by Gasteiger charge is -2.39. The Bertz CT molecular complexity index is 7550. The lowest BCUT2D eigenvalue weighted by atomic mass is 9.81. The molecule has 144 heavy (non-hydrogen) atoms. The van der Waals surface area contributed by atoms with Crippen LogP contribution < -0.4 is 92.5 Å². The third kappa shape index (κ3) is 18.7. The number of nitrogens with one attached hydrogen (secondary N) is 4. The number of imidazole rings is 2. The standard InChI is InChI=1S/2C46H49N9O15P2/c47-41-34-42(51-21-50-41)55(22-52-34)44-37(56)40(32(67-44)20-66-72(64,65)70-71(61,62)63)69-46(60)49-12-11-48-43(57)25-9-10-26(45(58)59)29(19-25)33-30-17-23-5-1-13-53-15-3-7-27(35(23)53)38(30)68-39-28-8-4-16-54-14-2-6-24(36(28)54)18-31(33)39;47-41-34-42(51-21-50-41)55(22-52-34)44-40(37(56)32(67-44)20-66-72(64,65)70-71(61,62)63)69-46(60)49-12-11-48-43(57)25-9-10-26(45(58)59)29(19-25)33-30-17-23-5-1-13-53-15-3-7-27(35(23)53)38(30)68-39-28-8-4-16-54-14-2-6-24(36(28)54)18-31(33)39/h2*9-10,17-19,21-22,32,37,40,44,56H,1-8,11-16,20H2,(H7-,47,48,49,50,51,57,58,59,60,61,62,63,64,65)/t2*32-,37-,40-,44-/m11/s1. The molecule has 10 atom stereocenters. The number of aliphatic hydroxyl groups is 2. The topological polar surface area (TPSA) is 671 Å². The number of anilines is 4. The summed E-state index contributed by atoms with van der Waals surface area (Å²) in [7, 11) is -21.8. The predicted molar refractivity (Wildman–Crippen MR) is 500 cm³/mol. The number of alkyl carbamates (subject to hydrolysis) is 2. The molecule has 0 saturated carbocycles. The molecule has 22 rings (SSSR count). The summed E-state index contributed by atoms with van der Waals surface area (Å²) in [5.41, 5.74) is 27.5. The Hall–Kier alpha value is -12.7. The van der Waals surface area contributed by atoms with E-state index < -0.39 is 130 Å². The van der Waals surface area contributed by atoms with Gasteiger partial charge < -0.3 is 130 Å². The molecule has 6 aromatic carbocycles. The molecule has 48 nitrogen and oxygen atoms in total. The largest absolute Gasteiger partial charge is 0.545 e. The van der Waals surface area contributed by atoms with Gasteiger partial charge in [0.15, 0.2) is 47.6 Å². The highest BCUT2D eigenvalue weighted by atomic mass is 31.3. The zero-order chi connectivity index (χ0) is 100. The first-order valence-electron chi connectivity index (χ1n) is 47.1. The van der Waals surface area contributed by atoms with Crippen molar-refractivity contribution in [2.24, 2.45) is 0 Å². The number of fused-ring (bicyclic) bond motifs is 10. The van der Waals surface area contributed by atoms with Crippen LogP contribution in [-0.2, 0) is 106 Å². The number of aliphatic hydroxyl groups excluding tert-OH is 2. The Morgan fingerprint density at radius 2 is 0.854 bits per heavy atom. The Morgan fingerprint density at radius 3 is 1.31 bits per heavy atom. The van der Waals surface area contributed by atoms with E-state index in [1.165, 1.54) is 90.4 Å². The molecule has 0 bridgehead atoms. The number of hydrogen-bond acceptors (Lipinski definition) is 34. The number of phosphoric acid groups is 4. The summed E-state index contributed by atoms with van der Waals surface area (Å²) in [4.78, 5) is 166. The zero-order valence-electron chi connectivity index (χ0n) is 76.8. The molecule has 52 heteroatoms.